The first-order valence-electron chi connectivity index (χ1n) is 9.71. The Labute approximate surface area is 147 Å². The van der Waals surface area contributed by atoms with Crippen LogP contribution in [0.3, 0.4) is 0 Å². The van der Waals surface area contributed by atoms with E-state index in [-0.39, 0.29) is 0 Å². The molecule has 0 radical (unpaired) electrons. The Morgan fingerprint density at radius 1 is 0.417 bits per heavy atom. The van der Waals surface area contributed by atoms with Crippen LogP contribution in [0.15, 0.2) is 0 Å². The normalized spacial score (nSPS) is 19.5. The second-order valence-corrected chi connectivity index (χ2v) is 6.55. The molecule has 6 heteroatoms. The van der Waals surface area contributed by atoms with Crippen LogP contribution >= 0.6 is 0 Å². The van der Waals surface area contributed by atoms with E-state index < -0.39 is 0 Å². The van der Waals surface area contributed by atoms with Crippen LogP contribution in [0.25, 0.3) is 0 Å². The third-order valence-corrected chi connectivity index (χ3v) is 4.62. The van der Waals surface area contributed by atoms with Gasteiger partial charge in [0, 0.05) is 13.1 Å². The fourth-order valence-electron chi connectivity index (χ4n) is 3.16. The summed E-state index contributed by atoms with van der Waals surface area (Å²) in [6.07, 6.45) is 5.36. The molecule has 0 unspecified atom stereocenters. The van der Waals surface area contributed by atoms with Gasteiger partial charge in [-0.3, -0.25) is 0 Å². The third-order valence-electron chi connectivity index (χ3n) is 4.62. The molecule has 2 aliphatic rings. The summed E-state index contributed by atoms with van der Waals surface area (Å²) in [5, 5.41) is 0. The van der Waals surface area contributed by atoms with E-state index >= 15 is 0 Å². The zero-order chi connectivity index (χ0) is 16.7. The molecule has 0 amide bonds. The summed E-state index contributed by atoms with van der Waals surface area (Å²) in [6, 6.07) is 0. The smallest absolute Gasteiger partial charge is 0.0701 e. The van der Waals surface area contributed by atoms with Crippen molar-refractivity contribution in [2.45, 2.75) is 25.7 Å². The zero-order valence-electron chi connectivity index (χ0n) is 15.3. The van der Waals surface area contributed by atoms with Gasteiger partial charge >= 0.3 is 0 Å². The largest absolute Gasteiger partial charge is 0.378 e. The molecular weight excluding hydrogens is 308 g/mol. The van der Waals surface area contributed by atoms with Gasteiger partial charge in [0.05, 0.1) is 52.9 Å². The topological polar surface area (TPSA) is 43.4 Å². The highest BCUT2D eigenvalue weighted by molar-refractivity contribution is 4.65. The van der Waals surface area contributed by atoms with Crippen molar-refractivity contribution in [1.82, 2.24) is 9.80 Å². The van der Waals surface area contributed by atoms with Crippen molar-refractivity contribution in [2.75, 3.05) is 92.1 Å². The summed E-state index contributed by atoms with van der Waals surface area (Å²) in [5.41, 5.74) is 0. The zero-order valence-corrected chi connectivity index (χ0v) is 15.3. The highest BCUT2D eigenvalue weighted by atomic mass is 16.6. The van der Waals surface area contributed by atoms with Gasteiger partial charge in [0.25, 0.3) is 0 Å². The Bertz CT molecular complexity index is 254. The predicted octanol–water partition coefficient (Wildman–Crippen LogP) is 1.24. The van der Waals surface area contributed by atoms with Crippen molar-refractivity contribution in [3.8, 4) is 0 Å². The Hall–Kier alpha value is -0.240. The Morgan fingerprint density at radius 2 is 0.708 bits per heavy atom. The molecule has 2 heterocycles. The predicted molar refractivity (Wildman–Crippen MR) is 94.6 cm³/mol. The minimum Gasteiger partial charge on any atom is -0.378 e. The van der Waals surface area contributed by atoms with Crippen molar-refractivity contribution < 1.29 is 18.9 Å². The van der Waals surface area contributed by atoms with E-state index in [0.29, 0.717) is 39.6 Å². The van der Waals surface area contributed by atoms with Crippen LogP contribution in [-0.4, -0.2) is 102 Å². The maximum absolute atomic E-state index is 5.58. The van der Waals surface area contributed by atoms with Crippen LogP contribution in [0.5, 0.6) is 0 Å². The Morgan fingerprint density at radius 3 is 1.04 bits per heavy atom. The molecule has 0 N–H and O–H groups in total. The van der Waals surface area contributed by atoms with Gasteiger partial charge < -0.3 is 28.7 Å². The van der Waals surface area contributed by atoms with Crippen LogP contribution in [-0.2, 0) is 18.9 Å². The van der Waals surface area contributed by atoms with Gasteiger partial charge in [0.15, 0.2) is 0 Å². The minimum atomic E-state index is 0.628. The Kier molecular flexibility index (Phi) is 11.7. The van der Waals surface area contributed by atoms with E-state index in [1.54, 1.807) is 0 Å². The van der Waals surface area contributed by atoms with Gasteiger partial charge in [-0.1, -0.05) is 0 Å². The first-order valence-corrected chi connectivity index (χ1v) is 9.71. The van der Waals surface area contributed by atoms with E-state index in [1.165, 1.54) is 51.9 Å². The first-order chi connectivity index (χ1) is 11.9. The van der Waals surface area contributed by atoms with Gasteiger partial charge in [0.2, 0.25) is 0 Å². The molecule has 2 fully saturated rings. The monoisotopic (exact) mass is 344 g/mol. The molecule has 6 nitrogen and oxygen atoms in total. The number of hydrogen-bond acceptors (Lipinski definition) is 6. The van der Waals surface area contributed by atoms with Crippen molar-refractivity contribution in [1.29, 1.82) is 0 Å². The molecule has 0 aromatic heterocycles. The lowest BCUT2D eigenvalue weighted by atomic mass is 10.4. The number of ether oxygens (including phenoxy) is 4. The van der Waals surface area contributed by atoms with Crippen molar-refractivity contribution in [3.05, 3.63) is 0 Å². The number of likely N-dealkylation sites (tertiary alicyclic amines) is 2. The second kappa shape index (κ2) is 14.0. The summed E-state index contributed by atoms with van der Waals surface area (Å²) >= 11 is 0. The Balaban J connectivity index is 1.21. The molecule has 2 rings (SSSR count). The molecule has 2 saturated heterocycles. The molecule has 0 aliphatic carbocycles. The quantitative estimate of drug-likeness (QED) is 0.417. The van der Waals surface area contributed by atoms with E-state index in [4.69, 9.17) is 18.9 Å². The summed E-state index contributed by atoms with van der Waals surface area (Å²) in [7, 11) is 0. The van der Waals surface area contributed by atoms with Crippen LogP contribution in [0.2, 0.25) is 0 Å². The maximum atomic E-state index is 5.58. The number of hydrogen-bond donors (Lipinski definition) is 0. The van der Waals surface area contributed by atoms with Crippen LogP contribution in [0.4, 0.5) is 0 Å². The third kappa shape index (κ3) is 9.91. The SMILES string of the molecule is C1CCN(CCOCCOCCOCCOCCN2CCCC2)C1. The van der Waals surface area contributed by atoms with E-state index in [0.717, 1.165) is 26.3 Å². The average molecular weight is 344 g/mol. The summed E-state index contributed by atoms with van der Waals surface area (Å²) in [5.74, 6) is 0. The van der Waals surface area contributed by atoms with Gasteiger partial charge in [-0.05, 0) is 51.9 Å². The van der Waals surface area contributed by atoms with Gasteiger partial charge in [-0.2, -0.15) is 0 Å². The highest BCUT2D eigenvalue weighted by Gasteiger charge is 2.10. The standard InChI is InChI=1S/C18H36N2O4/c1-2-6-19(5-1)9-11-21-13-15-23-17-18-24-16-14-22-12-10-20-7-3-4-8-20/h1-18H2. The fraction of sp³-hybridized carbons (Fsp3) is 1.00. The molecule has 0 spiro atoms. The fourth-order valence-corrected chi connectivity index (χ4v) is 3.16. The molecular formula is C18H36N2O4. The van der Waals surface area contributed by atoms with Gasteiger partial charge in [-0.25, -0.2) is 0 Å². The minimum absolute atomic E-state index is 0.628. The highest BCUT2D eigenvalue weighted by Crippen LogP contribution is 2.06. The lowest BCUT2D eigenvalue weighted by Gasteiger charge is -2.14. The molecule has 0 atom stereocenters. The molecule has 0 bridgehead atoms. The van der Waals surface area contributed by atoms with Crippen molar-refractivity contribution >= 4 is 0 Å². The van der Waals surface area contributed by atoms with Crippen LogP contribution < -0.4 is 0 Å². The van der Waals surface area contributed by atoms with E-state index in [9.17, 15) is 0 Å². The van der Waals surface area contributed by atoms with E-state index in [2.05, 4.69) is 9.80 Å². The lowest BCUT2D eigenvalue weighted by Crippen LogP contribution is -2.24. The number of rotatable bonds is 15. The summed E-state index contributed by atoms with van der Waals surface area (Å²) < 4.78 is 22.1. The molecule has 0 aromatic rings. The van der Waals surface area contributed by atoms with Gasteiger partial charge in [0.1, 0.15) is 0 Å². The molecule has 142 valence electrons. The second-order valence-electron chi connectivity index (χ2n) is 6.55. The molecule has 24 heavy (non-hydrogen) atoms. The van der Waals surface area contributed by atoms with Crippen molar-refractivity contribution in [2.24, 2.45) is 0 Å². The average Bonchev–Trinajstić information content (AvgIpc) is 3.28. The summed E-state index contributed by atoms with van der Waals surface area (Å²) in [6.45, 7) is 12.6. The van der Waals surface area contributed by atoms with Gasteiger partial charge in [-0.15, -0.1) is 0 Å². The lowest BCUT2D eigenvalue weighted by molar-refractivity contribution is -0.00484. The van der Waals surface area contributed by atoms with Crippen molar-refractivity contribution in [3.63, 3.8) is 0 Å². The maximum Gasteiger partial charge on any atom is 0.0701 e. The molecule has 0 saturated carbocycles. The molecule has 0 aromatic carbocycles. The summed E-state index contributed by atoms with van der Waals surface area (Å²) in [4.78, 5) is 4.92. The van der Waals surface area contributed by atoms with Crippen LogP contribution in [0.1, 0.15) is 25.7 Å². The van der Waals surface area contributed by atoms with Crippen LogP contribution in [0, 0.1) is 0 Å². The molecule has 2 aliphatic heterocycles. The van der Waals surface area contributed by atoms with E-state index in [1.807, 2.05) is 0 Å². The first kappa shape index (κ1) is 20.1. The number of nitrogens with zero attached hydrogens (tertiary/aromatic N) is 2.